The van der Waals surface area contributed by atoms with Gasteiger partial charge in [-0.15, -0.1) is 0 Å². The maximum atomic E-state index is 10.6. The van der Waals surface area contributed by atoms with E-state index in [1.165, 1.54) is 6.07 Å². The maximum Gasteiger partial charge on any atom is 0.292 e. The van der Waals surface area contributed by atoms with Gasteiger partial charge in [-0.05, 0) is 46.0 Å². The van der Waals surface area contributed by atoms with Crippen LogP contribution in [0.3, 0.4) is 0 Å². The lowest BCUT2D eigenvalue weighted by Crippen LogP contribution is -2.28. The van der Waals surface area contributed by atoms with Crippen LogP contribution in [-0.4, -0.2) is 36.0 Å². The van der Waals surface area contributed by atoms with Gasteiger partial charge < -0.3 is 16.0 Å². The number of nitrogens with two attached hydrogens (primary N) is 1. The van der Waals surface area contributed by atoms with Crippen molar-refractivity contribution < 1.29 is 4.92 Å². The Morgan fingerprint density at radius 2 is 2.16 bits per heavy atom. The molecule has 0 heterocycles. The number of benzene rings is 1. The molecule has 0 amide bonds. The number of anilines is 2. The zero-order valence-electron chi connectivity index (χ0n) is 11.7. The third kappa shape index (κ3) is 4.75. The molecule has 3 N–H and O–H groups in total. The predicted octanol–water partition coefficient (Wildman–Crippen LogP) is 2.32. The minimum Gasteiger partial charge on any atom is -0.393 e. The Labute approximate surface area is 113 Å². The number of hydrogen-bond donors (Lipinski definition) is 2. The highest BCUT2D eigenvalue weighted by Gasteiger charge is 2.10. The van der Waals surface area contributed by atoms with Crippen molar-refractivity contribution in [2.45, 2.75) is 26.3 Å². The fourth-order valence-electron chi connectivity index (χ4n) is 1.65. The van der Waals surface area contributed by atoms with Gasteiger partial charge in [0.15, 0.2) is 0 Å². The Bertz CT molecular complexity index is 435. The molecule has 0 saturated heterocycles. The van der Waals surface area contributed by atoms with Crippen molar-refractivity contribution in [3.63, 3.8) is 0 Å². The highest BCUT2D eigenvalue weighted by Crippen LogP contribution is 2.24. The van der Waals surface area contributed by atoms with Gasteiger partial charge in [0.1, 0.15) is 5.69 Å². The van der Waals surface area contributed by atoms with Crippen LogP contribution >= 0.6 is 0 Å². The Hall–Kier alpha value is -1.82. The van der Waals surface area contributed by atoms with Crippen LogP contribution in [0.2, 0.25) is 0 Å². The Kier molecular flexibility index (Phi) is 5.57. The first kappa shape index (κ1) is 15.2. The van der Waals surface area contributed by atoms with Gasteiger partial charge in [-0.3, -0.25) is 10.1 Å². The van der Waals surface area contributed by atoms with E-state index in [0.717, 1.165) is 25.2 Å². The number of nitrogen functional groups attached to an aromatic ring is 1. The molecule has 0 aromatic heterocycles. The number of hydrogen-bond acceptors (Lipinski definition) is 5. The second-order valence-corrected chi connectivity index (χ2v) is 4.89. The van der Waals surface area contributed by atoms with Gasteiger partial charge in [0.2, 0.25) is 0 Å². The molecule has 0 spiro atoms. The number of rotatable bonds is 7. The fourth-order valence-corrected chi connectivity index (χ4v) is 1.65. The number of nitro groups is 1. The van der Waals surface area contributed by atoms with E-state index in [4.69, 9.17) is 5.73 Å². The van der Waals surface area contributed by atoms with Gasteiger partial charge in [-0.2, -0.15) is 0 Å². The molecule has 0 aliphatic heterocycles. The summed E-state index contributed by atoms with van der Waals surface area (Å²) >= 11 is 0. The highest BCUT2D eigenvalue weighted by molar-refractivity contribution is 5.65. The lowest BCUT2D eigenvalue weighted by molar-refractivity contribution is -0.383. The van der Waals surface area contributed by atoms with Gasteiger partial charge in [0, 0.05) is 24.3 Å². The summed E-state index contributed by atoms with van der Waals surface area (Å²) in [5.74, 6) is 0. The molecule has 1 aromatic rings. The maximum absolute atomic E-state index is 10.6. The molecule has 0 fully saturated rings. The fraction of sp³-hybridized carbons (Fsp3) is 0.538. The van der Waals surface area contributed by atoms with E-state index in [2.05, 4.69) is 31.1 Å². The van der Waals surface area contributed by atoms with Crippen LogP contribution in [0.25, 0.3) is 0 Å². The molecule has 0 aliphatic rings. The van der Waals surface area contributed by atoms with Gasteiger partial charge in [-0.25, -0.2) is 0 Å². The molecule has 0 aliphatic carbocycles. The van der Waals surface area contributed by atoms with Crippen LogP contribution < -0.4 is 11.1 Å². The lowest BCUT2D eigenvalue weighted by atomic mass is 10.2. The molecule has 106 valence electrons. The summed E-state index contributed by atoms with van der Waals surface area (Å²) in [6, 6.07) is 5.25. The standard InChI is InChI=1S/C13H22N4O2/c1-10(2)16(3)8-4-7-15-11-5-6-13(17(18)19)12(14)9-11/h5-6,9-10,15H,4,7-8,14H2,1-3H3. The van der Waals surface area contributed by atoms with Crippen LogP contribution in [-0.2, 0) is 0 Å². The third-order valence-electron chi connectivity index (χ3n) is 3.12. The molecule has 1 aromatic carbocycles. The van der Waals surface area contributed by atoms with Crippen molar-refractivity contribution in [1.82, 2.24) is 4.90 Å². The van der Waals surface area contributed by atoms with Crippen molar-refractivity contribution in [3.8, 4) is 0 Å². The lowest BCUT2D eigenvalue weighted by Gasteiger charge is -2.20. The van der Waals surface area contributed by atoms with Crippen molar-refractivity contribution in [2.75, 3.05) is 31.2 Å². The Balaban J connectivity index is 2.42. The Morgan fingerprint density at radius 3 is 2.68 bits per heavy atom. The Morgan fingerprint density at radius 1 is 1.47 bits per heavy atom. The largest absolute Gasteiger partial charge is 0.393 e. The summed E-state index contributed by atoms with van der Waals surface area (Å²) in [6.45, 7) is 6.14. The van der Waals surface area contributed by atoms with Gasteiger partial charge in [-0.1, -0.05) is 0 Å². The molecule has 0 radical (unpaired) electrons. The van der Waals surface area contributed by atoms with Crippen LogP contribution in [0.5, 0.6) is 0 Å². The number of nitrogens with zero attached hydrogens (tertiary/aromatic N) is 2. The number of nitro benzene ring substituents is 1. The van der Waals surface area contributed by atoms with Crippen LogP contribution in [0.1, 0.15) is 20.3 Å². The van der Waals surface area contributed by atoms with Crippen LogP contribution in [0.15, 0.2) is 18.2 Å². The van der Waals surface area contributed by atoms with E-state index in [-0.39, 0.29) is 11.4 Å². The summed E-state index contributed by atoms with van der Waals surface area (Å²) in [7, 11) is 2.09. The second kappa shape index (κ2) is 6.94. The van der Waals surface area contributed by atoms with Crippen LogP contribution in [0.4, 0.5) is 17.1 Å². The normalized spacial score (nSPS) is 11.0. The molecular formula is C13H22N4O2. The minimum absolute atomic E-state index is 0.0508. The van der Waals surface area contributed by atoms with Gasteiger partial charge in [0.05, 0.1) is 4.92 Å². The molecule has 19 heavy (non-hydrogen) atoms. The van der Waals surface area contributed by atoms with Crippen molar-refractivity contribution in [1.29, 1.82) is 0 Å². The predicted molar refractivity (Wildman–Crippen MR) is 78.4 cm³/mol. The summed E-state index contributed by atoms with van der Waals surface area (Å²) in [5.41, 5.74) is 6.58. The summed E-state index contributed by atoms with van der Waals surface area (Å²) < 4.78 is 0. The molecule has 0 atom stereocenters. The molecule has 0 saturated carbocycles. The van der Waals surface area contributed by atoms with E-state index in [9.17, 15) is 10.1 Å². The zero-order chi connectivity index (χ0) is 14.4. The topological polar surface area (TPSA) is 84.4 Å². The van der Waals surface area contributed by atoms with Gasteiger partial charge >= 0.3 is 0 Å². The molecular weight excluding hydrogens is 244 g/mol. The SMILES string of the molecule is CC(C)N(C)CCCNc1ccc([N+](=O)[O-])c(N)c1. The molecule has 6 nitrogen and oxygen atoms in total. The summed E-state index contributed by atoms with van der Waals surface area (Å²) in [6.07, 6.45) is 1.01. The first-order chi connectivity index (χ1) is 8.91. The highest BCUT2D eigenvalue weighted by atomic mass is 16.6. The van der Waals surface area contributed by atoms with Gasteiger partial charge in [0.25, 0.3) is 5.69 Å². The molecule has 0 unspecified atom stereocenters. The van der Waals surface area contributed by atoms with E-state index in [1.54, 1.807) is 12.1 Å². The van der Waals surface area contributed by atoms with E-state index in [0.29, 0.717) is 6.04 Å². The van der Waals surface area contributed by atoms with Crippen molar-refractivity contribution in [3.05, 3.63) is 28.3 Å². The van der Waals surface area contributed by atoms with E-state index in [1.807, 2.05) is 0 Å². The molecule has 6 heteroatoms. The molecule has 1 rings (SSSR count). The van der Waals surface area contributed by atoms with Crippen molar-refractivity contribution in [2.24, 2.45) is 0 Å². The third-order valence-corrected chi connectivity index (χ3v) is 3.12. The summed E-state index contributed by atoms with van der Waals surface area (Å²) in [4.78, 5) is 12.4. The minimum atomic E-state index is -0.475. The van der Waals surface area contributed by atoms with E-state index < -0.39 is 4.92 Å². The second-order valence-electron chi connectivity index (χ2n) is 4.89. The summed E-state index contributed by atoms with van der Waals surface area (Å²) in [5, 5.41) is 13.8. The smallest absolute Gasteiger partial charge is 0.292 e. The monoisotopic (exact) mass is 266 g/mol. The molecule has 0 bridgehead atoms. The van der Waals surface area contributed by atoms with Crippen molar-refractivity contribution >= 4 is 17.1 Å². The first-order valence-electron chi connectivity index (χ1n) is 6.40. The quantitative estimate of drug-likeness (QED) is 0.342. The first-order valence-corrected chi connectivity index (χ1v) is 6.40. The average molecular weight is 266 g/mol. The van der Waals surface area contributed by atoms with Crippen LogP contribution in [0, 0.1) is 10.1 Å². The zero-order valence-corrected chi connectivity index (χ0v) is 11.7. The average Bonchev–Trinajstić information content (AvgIpc) is 2.33. The van der Waals surface area contributed by atoms with E-state index >= 15 is 0 Å². The number of nitrogens with one attached hydrogen (secondary N) is 1.